The molecule has 250 valence electrons. The smallest absolute Gasteiger partial charge is 0.363 e. The zero-order valence-electron chi connectivity index (χ0n) is 25.2. The largest absolute Gasteiger partial charge is 0.433 e. The van der Waals surface area contributed by atoms with Crippen LogP contribution in [0.4, 0.5) is 36.4 Å². The van der Waals surface area contributed by atoms with Gasteiger partial charge in [-0.25, -0.2) is 14.2 Å². The van der Waals surface area contributed by atoms with Crippen LogP contribution in [0.2, 0.25) is 0 Å². The Balaban J connectivity index is 1.51. The lowest BCUT2D eigenvalue weighted by Crippen LogP contribution is -2.51. The SMILES string of the molecule is Cc1c(N2CCN(Cc3cccc(C(F)(F)F)n3)CC2)c(=O)n(CC(N)c2ccccc2)c(=O)n1Cc1c(F)cccc1C(F)(F)F. The van der Waals surface area contributed by atoms with Crippen molar-refractivity contribution in [3.8, 4) is 0 Å². The molecule has 0 bridgehead atoms. The summed E-state index contributed by atoms with van der Waals surface area (Å²) in [5, 5.41) is 0. The van der Waals surface area contributed by atoms with Crippen molar-refractivity contribution in [1.29, 1.82) is 0 Å². The van der Waals surface area contributed by atoms with Gasteiger partial charge in [-0.2, -0.15) is 26.3 Å². The summed E-state index contributed by atoms with van der Waals surface area (Å²) in [6, 6.07) is 13.9. The van der Waals surface area contributed by atoms with Gasteiger partial charge in [-0.3, -0.25) is 18.8 Å². The van der Waals surface area contributed by atoms with Gasteiger partial charge in [0.25, 0.3) is 5.56 Å². The van der Waals surface area contributed by atoms with Crippen molar-refractivity contribution in [2.45, 2.75) is 45.0 Å². The molecule has 8 nitrogen and oxygen atoms in total. The Bertz CT molecular complexity index is 1850. The number of nitrogens with zero attached hydrogens (tertiary/aromatic N) is 5. The molecule has 47 heavy (non-hydrogen) atoms. The van der Waals surface area contributed by atoms with Gasteiger partial charge in [0.1, 0.15) is 17.2 Å². The Morgan fingerprint density at radius 3 is 2.11 bits per heavy atom. The van der Waals surface area contributed by atoms with Crippen LogP contribution in [0.5, 0.6) is 0 Å². The molecule has 1 saturated heterocycles. The Morgan fingerprint density at radius 2 is 1.47 bits per heavy atom. The molecule has 1 fully saturated rings. The van der Waals surface area contributed by atoms with Crippen molar-refractivity contribution in [3.05, 3.63) is 127 Å². The Morgan fingerprint density at radius 1 is 0.809 bits per heavy atom. The molecule has 2 aromatic heterocycles. The molecule has 15 heteroatoms. The van der Waals surface area contributed by atoms with E-state index in [0.717, 1.165) is 33.4 Å². The molecule has 5 rings (SSSR count). The summed E-state index contributed by atoms with van der Waals surface area (Å²) in [6.07, 6.45) is -9.51. The molecule has 2 N–H and O–H groups in total. The number of benzene rings is 2. The molecule has 1 unspecified atom stereocenters. The molecular formula is C32H31F7N6O2. The Kier molecular flexibility index (Phi) is 9.59. The lowest BCUT2D eigenvalue weighted by molar-refractivity contribution is -0.141. The number of hydrogen-bond acceptors (Lipinski definition) is 6. The van der Waals surface area contributed by atoms with E-state index in [0.29, 0.717) is 18.7 Å². The topological polar surface area (TPSA) is 89.4 Å². The lowest BCUT2D eigenvalue weighted by Gasteiger charge is -2.36. The summed E-state index contributed by atoms with van der Waals surface area (Å²) < 4.78 is 97.8. The van der Waals surface area contributed by atoms with Crippen molar-refractivity contribution in [3.63, 3.8) is 0 Å². The maximum Gasteiger partial charge on any atom is 0.433 e. The first-order chi connectivity index (χ1) is 22.1. The third-order valence-corrected chi connectivity index (χ3v) is 8.18. The zero-order chi connectivity index (χ0) is 34.1. The third kappa shape index (κ3) is 7.41. The Labute approximate surface area is 264 Å². The molecule has 0 spiro atoms. The molecule has 1 atom stereocenters. The second-order valence-corrected chi connectivity index (χ2v) is 11.3. The first-order valence-electron chi connectivity index (χ1n) is 14.6. The number of pyridine rings is 1. The third-order valence-electron chi connectivity index (χ3n) is 8.18. The van der Waals surface area contributed by atoms with Crippen LogP contribution in [0, 0.1) is 12.7 Å². The van der Waals surface area contributed by atoms with Crippen molar-refractivity contribution in [2.24, 2.45) is 5.73 Å². The molecule has 4 aromatic rings. The summed E-state index contributed by atoms with van der Waals surface area (Å²) in [7, 11) is 0. The van der Waals surface area contributed by atoms with Crippen LogP contribution in [0.15, 0.2) is 76.3 Å². The number of piperazine rings is 1. The van der Waals surface area contributed by atoms with E-state index in [-0.39, 0.29) is 43.3 Å². The summed E-state index contributed by atoms with van der Waals surface area (Å²) in [5.74, 6) is -1.16. The summed E-state index contributed by atoms with van der Waals surface area (Å²) in [5.41, 5.74) is 2.56. The van der Waals surface area contributed by atoms with Crippen LogP contribution in [-0.4, -0.2) is 45.2 Å². The first kappa shape index (κ1) is 33.9. The molecule has 0 radical (unpaired) electrons. The molecule has 2 aromatic carbocycles. The highest BCUT2D eigenvalue weighted by Crippen LogP contribution is 2.34. The molecule has 0 saturated carbocycles. The highest BCUT2D eigenvalue weighted by Gasteiger charge is 2.36. The molecule has 0 aliphatic carbocycles. The van der Waals surface area contributed by atoms with Crippen LogP contribution in [0.3, 0.4) is 0 Å². The highest BCUT2D eigenvalue weighted by atomic mass is 19.4. The zero-order valence-corrected chi connectivity index (χ0v) is 25.2. The van der Waals surface area contributed by atoms with Crippen molar-refractivity contribution in [1.82, 2.24) is 19.0 Å². The second kappa shape index (κ2) is 13.3. The van der Waals surface area contributed by atoms with E-state index in [1.807, 2.05) is 4.90 Å². The van der Waals surface area contributed by atoms with E-state index in [9.17, 15) is 40.3 Å². The van der Waals surface area contributed by atoms with Gasteiger partial charge in [0.05, 0.1) is 24.3 Å². The average Bonchev–Trinajstić information content (AvgIpc) is 3.02. The molecule has 3 heterocycles. The minimum Gasteiger partial charge on any atom is -0.363 e. The standard InChI is InChI=1S/C32H31F7N6O2/c1-20-28(43-15-13-42(14-16-43)17-22-9-5-12-27(41-22)32(37,38)39)29(46)45(19-26(40)21-7-3-2-4-8-21)30(47)44(20)18-23-24(31(34,35)36)10-6-11-25(23)33/h2-12,26H,13-19,40H2,1H3. The van der Waals surface area contributed by atoms with Crippen LogP contribution in [0.1, 0.15) is 39.8 Å². The van der Waals surface area contributed by atoms with E-state index in [2.05, 4.69) is 4.98 Å². The fourth-order valence-corrected chi connectivity index (χ4v) is 5.73. The quantitative estimate of drug-likeness (QED) is 0.268. The molecule has 1 aliphatic heterocycles. The minimum absolute atomic E-state index is 0.0339. The number of halogens is 7. The van der Waals surface area contributed by atoms with Gasteiger partial charge in [0, 0.05) is 50.0 Å². The van der Waals surface area contributed by atoms with E-state index in [1.165, 1.54) is 19.1 Å². The first-order valence-corrected chi connectivity index (χ1v) is 14.6. The molecular weight excluding hydrogens is 633 g/mol. The van der Waals surface area contributed by atoms with Gasteiger partial charge in [-0.15, -0.1) is 0 Å². The molecule has 0 amide bonds. The van der Waals surface area contributed by atoms with Crippen molar-refractivity contribution in [2.75, 3.05) is 31.1 Å². The number of anilines is 1. The van der Waals surface area contributed by atoms with Crippen molar-refractivity contribution < 1.29 is 30.7 Å². The van der Waals surface area contributed by atoms with Gasteiger partial charge in [-0.1, -0.05) is 42.5 Å². The van der Waals surface area contributed by atoms with Crippen LogP contribution in [0.25, 0.3) is 0 Å². The summed E-state index contributed by atoms with van der Waals surface area (Å²) in [6.45, 7) is 1.40. The van der Waals surface area contributed by atoms with Crippen LogP contribution >= 0.6 is 0 Å². The summed E-state index contributed by atoms with van der Waals surface area (Å²) >= 11 is 0. The predicted molar refractivity (Wildman–Crippen MR) is 160 cm³/mol. The number of alkyl halides is 6. The van der Waals surface area contributed by atoms with E-state index in [4.69, 9.17) is 5.73 Å². The van der Waals surface area contributed by atoms with Crippen LogP contribution in [-0.2, 0) is 32.0 Å². The normalized spacial score (nSPS) is 15.2. The fourth-order valence-electron chi connectivity index (χ4n) is 5.73. The van der Waals surface area contributed by atoms with Gasteiger partial charge in [0.2, 0.25) is 0 Å². The molecule has 1 aliphatic rings. The van der Waals surface area contributed by atoms with Gasteiger partial charge in [0.15, 0.2) is 0 Å². The fraction of sp³-hybridized carbons (Fsp3) is 0.344. The monoisotopic (exact) mass is 664 g/mol. The Hall–Kier alpha value is -4.50. The van der Waals surface area contributed by atoms with E-state index < -0.39 is 58.8 Å². The van der Waals surface area contributed by atoms with Gasteiger partial charge in [-0.05, 0) is 36.8 Å². The average molecular weight is 665 g/mol. The van der Waals surface area contributed by atoms with E-state index >= 15 is 0 Å². The number of nitrogens with two attached hydrogens (primary N) is 1. The predicted octanol–water partition coefficient (Wildman–Crippen LogP) is 4.96. The lowest BCUT2D eigenvalue weighted by atomic mass is 10.1. The van der Waals surface area contributed by atoms with Gasteiger partial charge < -0.3 is 10.6 Å². The second-order valence-electron chi connectivity index (χ2n) is 11.3. The number of aromatic nitrogens is 3. The number of rotatable bonds is 8. The highest BCUT2D eigenvalue weighted by molar-refractivity contribution is 5.50. The summed E-state index contributed by atoms with van der Waals surface area (Å²) in [4.78, 5) is 35.0. The number of hydrogen-bond donors (Lipinski definition) is 1. The maximum atomic E-state index is 14.9. The van der Waals surface area contributed by atoms with Gasteiger partial charge >= 0.3 is 18.0 Å². The maximum absolute atomic E-state index is 14.9. The minimum atomic E-state index is -4.91. The van der Waals surface area contributed by atoms with E-state index in [1.54, 1.807) is 35.2 Å². The van der Waals surface area contributed by atoms with Crippen LogP contribution < -0.4 is 21.9 Å². The van der Waals surface area contributed by atoms with Crippen molar-refractivity contribution >= 4 is 5.69 Å².